The van der Waals surface area contributed by atoms with E-state index >= 15 is 0 Å². The maximum atomic E-state index is 11.3. The van der Waals surface area contributed by atoms with E-state index in [0.29, 0.717) is 0 Å². The van der Waals surface area contributed by atoms with Gasteiger partial charge in [0.1, 0.15) is 0 Å². The van der Waals surface area contributed by atoms with Gasteiger partial charge in [-0.05, 0) is 19.9 Å². The monoisotopic (exact) mass is 275 g/mol. The molecule has 0 heterocycles. The summed E-state index contributed by atoms with van der Waals surface area (Å²) >= 11 is 0. The molecule has 0 bridgehead atoms. The molecule has 0 unspecified atom stereocenters. The van der Waals surface area contributed by atoms with Gasteiger partial charge in [-0.1, -0.05) is 13.8 Å². The van der Waals surface area contributed by atoms with E-state index in [1.165, 1.54) is 11.8 Å². The zero-order valence-electron chi connectivity index (χ0n) is 11.5. The molecule has 19 heavy (non-hydrogen) atoms. The summed E-state index contributed by atoms with van der Waals surface area (Å²) in [6.07, 6.45) is -0.127. The Morgan fingerprint density at radius 3 is 1.95 bits per heavy atom. The molecular weight excluding hydrogens is 254 g/mol. The number of likely N-dealkylation sites (N-methyl/N-ethyl adjacent to an activating group) is 1. The van der Waals surface area contributed by atoms with Gasteiger partial charge in [0.05, 0.1) is 13.0 Å². The van der Waals surface area contributed by atoms with Gasteiger partial charge in [-0.15, -0.1) is 0 Å². The van der Waals surface area contributed by atoms with E-state index in [9.17, 15) is 24.6 Å². The summed E-state index contributed by atoms with van der Waals surface area (Å²) in [5.74, 6) is -3.32. The lowest BCUT2D eigenvalue weighted by molar-refractivity contribution is -0.169. The van der Waals surface area contributed by atoms with Crippen LogP contribution in [0.5, 0.6) is 0 Å². The van der Waals surface area contributed by atoms with Gasteiger partial charge >= 0.3 is 17.9 Å². The first-order valence-corrected chi connectivity index (χ1v) is 6.24. The molecule has 0 fully saturated rings. The minimum atomic E-state index is -2.00. The van der Waals surface area contributed by atoms with Gasteiger partial charge in [0.25, 0.3) is 0 Å². The van der Waals surface area contributed by atoms with Crippen molar-refractivity contribution in [3.05, 3.63) is 0 Å². The number of carbonyl (C=O) groups excluding carboxylic acids is 1. The predicted octanol–water partition coefficient (Wildman–Crippen LogP) is 0.580. The van der Waals surface area contributed by atoms with Crippen molar-refractivity contribution in [2.45, 2.75) is 39.2 Å². The van der Waals surface area contributed by atoms with Crippen LogP contribution < -0.4 is 0 Å². The third-order valence-corrected chi connectivity index (χ3v) is 3.03. The van der Waals surface area contributed by atoms with Crippen molar-refractivity contribution in [3.63, 3.8) is 0 Å². The molecule has 0 saturated carbocycles. The van der Waals surface area contributed by atoms with Crippen molar-refractivity contribution in [3.8, 4) is 0 Å². The lowest BCUT2D eigenvalue weighted by atomic mass is 9.93. The summed E-state index contributed by atoms with van der Waals surface area (Å²) < 4.78 is 4.74. The van der Waals surface area contributed by atoms with Crippen LogP contribution in [0.1, 0.15) is 33.6 Å². The highest BCUT2D eigenvalue weighted by Crippen LogP contribution is 2.21. The number of hydrogen-bond acceptors (Lipinski definition) is 5. The van der Waals surface area contributed by atoms with Crippen molar-refractivity contribution < 1.29 is 29.3 Å². The molecule has 0 aromatic carbocycles. The van der Waals surface area contributed by atoms with Crippen LogP contribution in [0.25, 0.3) is 0 Å². The smallest absolute Gasteiger partial charge is 0.335 e. The van der Waals surface area contributed by atoms with Crippen LogP contribution in [-0.2, 0) is 19.1 Å². The summed E-state index contributed by atoms with van der Waals surface area (Å²) in [5.41, 5.74) is -2.00. The number of carboxylic acids is 2. The standard InChI is InChI=1S/C12H21NO6/c1-4-12(10(15)16,11(17)18)13(5-2)8-7-9(14)19-6-3/h4-8H2,1-3H3,(H,15,16)(H,17,18). The average Bonchev–Trinajstić information content (AvgIpc) is 2.33. The fourth-order valence-corrected chi connectivity index (χ4v) is 1.97. The van der Waals surface area contributed by atoms with Gasteiger partial charge in [0, 0.05) is 6.54 Å². The van der Waals surface area contributed by atoms with E-state index in [-0.39, 0.29) is 32.5 Å². The third kappa shape index (κ3) is 3.92. The molecule has 0 radical (unpaired) electrons. The van der Waals surface area contributed by atoms with E-state index in [2.05, 4.69) is 0 Å². The van der Waals surface area contributed by atoms with Crippen LogP contribution in [0.4, 0.5) is 0 Å². The highest BCUT2D eigenvalue weighted by molar-refractivity contribution is 6.03. The molecule has 0 aliphatic heterocycles. The second-order valence-electron chi connectivity index (χ2n) is 3.96. The highest BCUT2D eigenvalue weighted by atomic mass is 16.5. The van der Waals surface area contributed by atoms with Crippen molar-refractivity contribution >= 4 is 17.9 Å². The molecule has 0 atom stereocenters. The average molecular weight is 275 g/mol. The number of ether oxygens (including phenoxy) is 1. The van der Waals surface area contributed by atoms with Gasteiger partial charge in [-0.25, -0.2) is 9.59 Å². The second kappa shape index (κ2) is 7.73. The molecule has 2 N–H and O–H groups in total. The number of rotatable bonds is 9. The van der Waals surface area contributed by atoms with Crippen molar-refractivity contribution in [1.29, 1.82) is 0 Å². The Labute approximate surface area is 112 Å². The molecule has 0 amide bonds. The number of aliphatic carboxylic acids is 2. The molecule has 0 rings (SSSR count). The van der Waals surface area contributed by atoms with E-state index in [1.807, 2.05) is 0 Å². The lowest BCUT2D eigenvalue weighted by Crippen LogP contribution is -2.60. The van der Waals surface area contributed by atoms with Crippen molar-refractivity contribution in [1.82, 2.24) is 4.90 Å². The lowest BCUT2D eigenvalue weighted by Gasteiger charge is -2.35. The fraction of sp³-hybridized carbons (Fsp3) is 0.750. The molecule has 7 heteroatoms. The molecule has 0 spiro atoms. The Balaban J connectivity index is 5.01. The van der Waals surface area contributed by atoms with Gasteiger partial charge in [-0.2, -0.15) is 0 Å². The third-order valence-electron chi connectivity index (χ3n) is 3.03. The summed E-state index contributed by atoms with van der Waals surface area (Å²) in [4.78, 5) is 35.2. The number of nitrogens with zero attached hydrogens (tertiary/aromatic N) is 1. The van der Waals surface area contributed by atoms with Crippen LogP contribution in [0.2, 0.25) is 0 Å². The fourth-order valence-electron chi connectivity index (χ4n) is 1.97. The molecular formula is C12H21NO6. The molecule has 110 valence electrons. The van der Waals surface area contributed by atoms with Crippen LogP contribution in [0.15, 0.2) is 0 Å². The number of hydrogen-bond donors (Lipinski definition) is 2. The van der Waals surface area contributed by atoms with E-state index in [1.54, 1.807) is 13.8 Å². The summed E-state index contributed by atoms with van der Waals surface area (Å²) in [7, 11) is 0. The largest absolute Gasteiger partial charge is 0.479 e. The van der Waals surface area contributed by atoms with E-state index in [0.717, 1.165) is 0 Å². The minimum Gasteiger partial charge on any atom is -0.479 e. The molecule has 0 aliphatic rings. The normalized spacial score (nSPS) is 11.4. The second-order valence-corrected chi connectivity index (χ2v) is 3.96. The van der Waals surface area contributed by atoms with Gasteiger partial charge < -0.3 is 14.9 Å². The first kappa shape index (κ1) is 17.4. The van der Waals surface area contributed by atoms with Gasteiger partial charge in [0.2, 0.25) is 5.54 Å². The van der Waals surface area contributed by atoms with E-state index < -0.39 is 23.4 Å². The first-order valence-electron chi connectivity index (χ1n) is 6.24. The van der Waals surface area contributed by atoms with Crippen molar-refractivity contribution in [2.75, 3.05) is 19.7 Å². The minimum absolute atomic E-state index is 0.0295. The Morgan fingerprint density at radius 1 is 1.11 bits per heavy atom. The molecule has 0 aromatic heterocycles. The predicted molar refractivity (Wildman–Crippen MR) is 66.8 cm³/mol. The zero-order valence-corrected chi connectivity index (χ0v) is 11.5. The summed E-state index contributed by atoms with van der Waals surface area (Å²) in [6, 6.07) is 0. The highest BCUT2D eigenvalue weighted by Gasteiger charge is 2.49. The van der Waals surface area contributed by atoms with Crippen molar-refractivity contribution in [2.24, 2.45) is 0 Å². The number of carboxylic acid groups (broad SMARTS) is 2. The quantitative estimate of drug-likeness (QED) is 0.468. The van der Waals surface area contributed by atoms with Gasteiger partial charge in [-0.3, -0.25) is 9.69 Å². The SMILES string of the molecule is CCOC(=O)CCN(CC)C(CC)(C(=O)O)C(=O)O. The first-order chi connectivity index (χ1) is 8.86. The summed E-state index contributed by atoms with van der Waals surface area (Å²) in [5, 5.41) is 18.5. The summed E-state index contributed by atoms with van der Waals surface area (Å²) in [6.45, 7) is 5.30. The zero-order chi connectivity index (χ0) is 15.1. The van der Waals surface area contributed by atoms with Crippen LogP contribution in [0, 0.1) is 0 Å². The Kier molecular flexibility index (Phi) is 7.06. The van der Waals surface area contributed by atoms with Crippen LogP contribution in [0.3, 0.4) is 0 Å². The Hall–Kier alpha value is -1.63. The van der Waals surface area contributed by atoms with Gasteiger partial charge in [0.15, 0.2) is 0 Å². The molecule has 7 nitrogen and oxygen atoms in total. The van der Waals surface area contributed by atoms with Crippen LogP contribution >= 0.6 is 0 Å². The maximum absolute atomic E-state index is 11.3. The molecule has 0 aliphatic carbocycles. The topological polar surface area (TPSA) is 104 Å². The number of carbonyl (C=O) groups is 3. The molecule has 0 aromatic rings. The maximum Gasteiger partial charge on any atom is 0.335 e. The molecule has 0 saturated heterocycles. The van der Waals surface area contributed by atoms with E-state index in [4.69, 9.17) is 4.74 Å². The number of esters is 1. The Morgan fingerprint density at radius 2 is 1.63 bits per heavy atom. The van der Waals surface area contributed by atoms with Crippen LogP contribution in [-0.4, -0.2) is 58.3 Å². The Bertz CT molecular complexity index is 327.